The van der Waals surface area contributed by atoms with Crippen LogP contribution in [0.4, 0.5) is 10.1 Å². The molecule has 0 unspecified atom stereocenters. The minimum absolute atomic E-state index is 0.148. The molecule has 0 aliphatic carbocycles. The molecule has 4 rings (SSSR count). The van der Waals surface area contributed by atoms with E-state index in [0.717, 1.165) is 5.56 Å². The van der Waals surface area contributed by atoms with Gasteiger partial charge in [0.1, 0.15) is 5.82 Å². The number of hydrogen-bond donors (Lipinski definition) is 0. The molecule has 0 spiro atoms. The van der Waals surface area contributed by atoms with E-state index in [1.807, 2.05) is 55.5 Å². The van der Waals surface area contributed by atoms with Crippen LogP contribution in [0.3, 0.4) is 0 Å². The molecule has 3 aromatic carbocycles. The molecular formula is C25H27FN2O2S. The fourth-order valence-corrected chi connectivity index (χ4v) is 5.83. The lowest BCUT2D eigenvalue weighted by Crippen LogP contribution is -2.47. The van der Waals surface area contributed by atoms with Crippen LogP contribution in [0.5, 0.6) is 0 Å². The van der Waals surface area contributed by atoms with Crippen molar-refractivity contribution in [2.45, 2.75) is 37.2 Å². The van der Waals surface area contributed by atoms with Crippen molar-refractivity contribution in [1.82, 2.24) is 4.90 Å². The highest BCUT2D eigenvalue weighted by molar-refractivity contribution is 7.92. The third kappa shape index (κ3) is 4.81. The molecule has 31 heavy (non-hydrogen) atoms. The first-order chi connectivity index (χ1) is 14.9. The molecule has 0 amide bonds. The number of piperidine rings is 1. The zero-order valence-electron chi connectivity index (χ0n) is 17.6. The normalized spacial score (nSPS) is 15.7. The molecule has 1 aliphatic rings. The molecule has 6 heteroatoms. The molecule has 4 nitrogen and oxygen atoms in total. The maximum absolute atomic E-state index is 14.0. The largest absolute Gasteiger partial charge is 0.299 e. The van der Waals surface area contributed by atoms with E-state index in [1.165, 1.54) is 6.07 Å². The molecule has 0 bridgehead atoms. The Morgan fingerprint density at radius 2 is 1.52 bits per heavy atom. The first kappa shape index (κ1) is 21.5. The van der Waals surface area contributed by atoms with Gasteiger partial charge in [-0.2, -0.15) is 0 Å². The SMILES string of the molecule is Cc1ccc(S(=O)(=O)N(c2ccccc2)C2CCN(Cc3ccccc3F)CC2)cc1. The maximum atomic E-state index is 14.0. The van der Waals surface area contributed by atoms with E-state index in [2.05, 4.69) is 4.90 Å². The Hall–Kier alpha value is -2.70. The minimum atomic E-state index is -3.70. The Balaban J connectivity index is 1.56. The monoisotopic (exact) mass is 438 g/mol. The van der Waals surface area contributed by atoms with Gasteiger partial charge < -0.3 is 0 Å². The summed E-state index contributed by atoms with van der Waals surface area (Å²) in [5.41, 5.74) is 2.37. The van der Waals surface area contributed by atoms with E-state index < -0.39 is 10.0 Å². The molecule has 3 aromatic rings. The first-order valence-corrected chi connectivity index (χ1v) is 12.0. The van der Waals surface area contributed by atoms with Crippen molar-refractivity contribution in [2.75, 3.05) is 17.4 Å². The van der Waals surface area contributed by atoms with Crippen LogP contribution in [0.1, 0.15) is 24.0 Å². The van der Waals surface area contributed by atoms with Crippen molar-refractivity contribution >= 4 is 15.7 Å². The lowest BCUT2D eigenvalue weighted by Gasteiger charge is -2.39. The summed E-state index contributed by atoms with van der Waals surface area (Å²) in [6, 6.07) is 23.0. The molecule has 0 atom stereocenters. The van der Waals surface area contributed by atoms with Crippen LogP contribution in [0.25, 0.3) is 0 Å². The van der Waals surface area contributed by atoms with Crippen molar-refractivity contribution in [2.24, 2.45) is 0 Å². The third-order valence-corrected chi connectivity index (χ3v) is 7.72. The van der Waals surface area contributed by atoms with Crippen LogP contribution >= 0.6 is 0 Å². The van der Waals surface area contributed by atoms with Gasteiger partial charge in [-0.25, -0.2) is 12.8 Å². The standard InChI is InChI=1S/C25H27FN2O2S/c1-20-11-13-24(14-12-20)31(29,30)28(22-8-3-2-4-9-22)23-15-17-27(18-16-23)19-21-7-5-6-10-25(21)26/h2-14,23H,15-19H2,1H3. The van der Waals surface area contributed by atoms with Crippen molar-refractivity contribution in [3.8, 4) is 0 Å². The fourth-order valence-electron chi connectivity index (χ4n) is 4.12. The van der Waals surface area contributed by atoms with Crippen LogP contribution in [0.15, 0.2) is 83.8 Å². The second-order valence-electron chi connectivity index (χ2n) is 8.05. The summed E-state index contributed by atoms with van der Waals surface area (Å²) < 4.78 is 42.9. The molecule has 0 aromatic heterocycles. The summed E-state index contributed by atoms with van der Waals surface area (Å²) >= 11 is 0. The van der Waals surface area contributed by atoms with Crippen LogP contribution in [-0.2, 0) is 16.6 Å². The van der Waals surface area contributed by atoms with Crippen molar-refractivity contribution in [1.29, 1.82) is 0 Å². The summed E-state index contributed by atoms with van der Waals surface area (Å²) in [5.74, 6) is -0.197. The lowest BCUT2D eigenvalue weighted by molar-refractivity contribution is 0.204. The number of benzene rings is 3. The third-order valence-electron chi connectivity index (χ3n) is 5.83. The van der Waals surface area contributed by atoms with E-state index in [0.29, 0.717) is 48.6 Å². The van der Waals surface area contributed by atoms with E-state index in [1.54, 1.807) is 28.6 Å². The molecule has 162 valence electrons. The van der Waals surface area contributed by atoms with Gasteiger partial charge in [-0.3, -0.25) is 9.21 Å². The summed E-state index contributed by atoms with van der Waals surface area (Å²) in [4.78, 5) is 2.49. The summed E-state index contributed by atoms with van der Waals surface area (Å²) in [7, 11) is -3.70. The number of halogens is 1. The van der Waals surface area contributed by atoms with Crippen LogP contribution in [-0.4, -0.2) is 32.4 Å². The second kappa shape index (κ2) is 9.20. The highest BCUT2D eigenvalue weighted by Gasteiger charge is 2.34. The van der Waals surface area contributed by atoms with Crippen molar-refractivity contribution in [3.63, 3.8) is 0 Å². The Bertz CT molecular complexity index is 1110. The van der Waals surface area contributed by atoms with Gasteiger partial charge in [-0.15, -0.1) is 0 Å². The smallest absolute Gasteiger partial charge is 0.264 e. The number of para-hydroxylation sites is 1. The van der Waals surface area contributed by atoms with Gasteiger partial charge in [-0.1, -0.05) is 54.1 Å². The van der Waals surface area contributed by atoms with Gasteiger partial charge >= 0.3 is 0 Å². The number of rotatable bonds is 6. The van der Waals surface area contributed by atoms with E-state index in [-0.39, 0.29) is 11.9 Å². The second-order valence-corrected chi connectivity index (χ2v) is 9.86. The van der Waals surface area contributed by atoms with E-state index in [9.17, 15) is 12.8 Å². The summed E-state index contributed by atoms with van der Waals surface area (Å²) in [6.45, 7) is 3.91. The highest BCUT2D eigenvalue weighted by atomic mass is 32.2. The molecule has 0 saturated carbocycles. The molecule has 0 radical (unpaired) electrons. The predicted molar refractivity (Wildman–Crippen MR) is 122 cm³/mol. The average molecular weight is 439 g/mol. The molecule has 1 heterocycles. The van der Waals surface area contributed by atoms with Crippen molar-refractivity contribution < 1.29 is 12.8 Å². The zero-order valence-corrected chi connectivity index (χ0v) is 18.4. The van der Waals surface area contributed by atoms with Crippen molar-refractivity contribution in [3.05, 3.63) is 95.8 Å². The molecule has 1 aliphatic heterocycles. The molecule has 0 N–H and O–H groups in total. The topological polar surface area (TPSA) is 40.6 Å². The Labute approximate surface area is 184 Å². The number of aryl methyl sites for hydroxylation is 1. The Kier molecular flexibility index (Phi) is 6.39. The number of sulfonamides is 1. The average Bonchev–Trinajstić information content (AvgIpc) is 2.78. The minimum Gasteiger partial charge on any atom is -0.299 e. The predicted octanol–water partition coefficient (Wildman–Crippen LogP) is 4.99. The Morgan fingerprint density at radius 3 is 2.16 bits per heavy atom. The van der Waals surface area contributed by atoms with Gasteiger partial charge in [0, 0.05) is 31.2 Å². The maximum Gasteiger partial charge on any atom is 0.264 e. The van der Waals surface area contributed by atoms with Crippen LogP contribution in [0, 0.1) is 12.7 Å². The lowest BCUT2D eigenvalue weighted by atomic mass is 10.0. The van der Waals surface area contributed by atoms with Gasteiger partial charge in [0.2, 0.25) is 0 Å². The van der Waals surface area contributed by atoms with E-state index >= 15 is 0 Å². The van der Waals surface area contributed by atoms with Gasteiger partial charge in [0.05, 0.1) is 10.6 Å². The van der Waals surface area contributed by atoms with Gasteiger partial charge in [0.15, 0.2) is 0 Å². The summed E-state index contributed by atoms with van der Waals surface area (Å²) in [5, 5.41) is 0. The summed E-state index contributed by atoms with van der Waals surface area (Å²) in [6.07, 6.45) is 1.38. The molecule has 1 saturated heterocycles. The quantitative estimate of drug-likeness (QED) is 0.544. The van der Waals surface area contributed by atoms with E-state index in [4.69, 9.17) is 0 Å². The molecular weight excluding hydrogens is 411 g/mol. The van der Waals surface area contributed by atoms with Crippen LogP contribution < -0.4 is 4.31 Å². The number of hydrogen-bond acceptors (Lipinski definition) is 3. The van der Waals surface area contributed by atoms with Crippen LogP contribution in [0.2, 0.25) is 0 Å². The number of nitrogens with zero attached hydrogens (tertiary/aromatic N) is 2. The first-order valence-electron chi connectivity index (χ1n) is 10.6. The van der Waals surface area contributed by atoms with Gasteiger partial charge in [0.25, 0.3) is 10.0 Å². The molecule has 1 fully saturated rings. The number of anilines is 1. The highest BCUT2D eigenvalue weighted by Crippen LogP contribution is 2.31. The Morgan fingerprint density at radius 1 is 0.903 bits per heavy atom. The zero-order chi connectivity index (χ0) is 21.8. The fraction of sp³-hybridized carbons (Fsp3) is 0.280. The van der Waals surface area contributed by atoms with Gasteiger partial charge in [-0.05, 0) is 50.1 Å². The number of likely N-dealkylation sites (tertiary alicyclic amines) is 1.